The summed E-state index contributed by atoms with van der Waals surface area (Å²) in [5, 5.41) is 0. The molecule has 2 fully saturated rings. The highest BCUT2D eigenvalue weighted by Crippen LogP contribution is 2.25. The van der Waals surface area contributed by atoms with Gasteiger partial charge in [0.15, 0.2) is 0 Å². The van der Waals surface area contributed by atoms with Crippen molar-refractivity contribution in [2.24, 2.45) is 0 Å². The van der Waals surface area contributed by atoms with Crippen LogP contribution in [0.15, 0.2) is 24.3 Å². The van der Waals surface area contributed by atoms with Crippen molar-refractivity contribution in [3.63, 3.8) is 0 Å². The topological polar surface area (TPSA) is 43.9 Å². The van der Waals surface area contributed by atoms with Crippen LogP contribution in [-0.2, 0) is 10.2 Å². The minimum absolute atomic E-state index is 0.0392. The van der Waals surface area contributed by atoms with Crippen molar-refractivity contribution in [3.05, 3.63) is 30.1 Å². The van der Waals surface area contributed by atoms with Gasteiger partial charge < -0.3 is 4.90 Å². The van der Waals surface area contributed by atoms with Gasteiger partial charge in [0, 0.05) is 45.0 Å². The Balaban J connectivity index is 1.61. The predicted molar refractivity (Wildman–Crippen MR) is 89.1 cm³/mol. The average molecular weight is 341 g/mol. The fraction of sp³-hybridized carbons (Fsp3) is 0.625. The highest BCUT2D eigenvalue weighted by molar-refractivity contribution is 7.86. The quantitative estimate of drug-likeness (QED) is 0.842. The third kappa shape index (κ3) is 3.51. The lowest BCUT2D eigenvalue weighted by molar-refractivity contribution is 0.290. The highest BCUT2D eigenvalue weighted by Gasteiger charge is 2.35. The Labute approximate surface area is 137 Å². The first kappa shape index (κ1) is 16.7. The van der Waals surface area contributed by atoms with Gasteiger partial charge in [0.1, 0.15) is 5.82 Å². The zero-order valence-corrected chi connectivity index (χ0v) is 14.3. The molecule has 0 atom stereocenters. The molecule has 2 saturated heterocycles. The van der Waals surface area contributed by atoms with Crippen molar-refractivity contribution in [2.75, 3.05) is 38.1 Å². The van der Waals surface area contributed by atoms with Crippen LogP contribution in [0.3, 0.4) is 0 Å². The standard InChI is InChI=1S/C16H24FN3O2S/c1-18(23(21,22)20-10-2-3-11-20)15-8-12-19(13-9-15)16-6-4-14(17)5-7-16/h4-7,15H,2-3,8-13H2,1H3. The second-order valence-corrected chi connectivity index (χ2v) is 8.31. The molecule has 1 aromatic rings. The molecule has 0 spiro atoms. The molecule has 5 nitrogen and oxygen atoms in total. The molecule has 0 unspecified atom stereocenters. The van der Waals surface area contributed by atoms with Crippen LogP contribution in [0.1, 0.15) is 25.7 Å². The van der Waals surface area contributed by atoms with E-state index in [0.717, 1.165) is 44.5 Å². The summed E-state index contributed by atoms with van der Waals surface area (Å²) in [4.78, 5) is 2.19. The lowest BCUT2D eigenvalue weighted by Gasteiger charge is -2.38. The molecular formula is C16H24FN3O2S. The maximum atomic E-state index is 13.0. The van der Waals surface area contributed by atoms with Gasteiger partial charge in [0.2, 0.25) is 0 Å². The summed E-state index contributed by atoms with van der Waals surface area (Å²) in [5.41, 5.74) is 0.995. The fourth-order valence-corrected chi connectivity index (χ4v) is 5.10. The summed E-state index contributed by atoms with van der Waals surface area (Å²) in [5.74, 6) is -0.236. The molecule has 0 bridgehead atoms. The van der Waals surface area contributed by atoms with Gasteiger partial charge >= 0.3 is 0 Å². The number of nitrogens with zero attached hydrogens (tertiary/aromatic N) is 3. The van der Waals surface area contributed by atoms with E-state index in [1.165, 1.54) is 12.1 Å². The van der Waals surface area contributed by atoms with Crippen LogP contribution in [0.5, 0.6) is 0 Å². The van der Waals surface area contributed by atoms with Crippen molar-refractivity contribution in [2.45, 2.75) is 31.7 Å². The molecule has 0 N–H and O–H groups in total. The van der Waals surface area contributed by atoms with Crippen molar-refractivity contribution in [1.82, 2.24) is 8.61 Å². The summed E-state index contributed by atoms with van der Waals surface area (Å²) in [6.07, 6.45) is 3.49. The molecule has 7 heteroatoms. The van der Waals surface area contributed by atoms with Crippen molar-refractivity contribution in [1.29, 1.82) is 0 Å². The van der Waals surface area contributed by atoms with E-state index in [1.807, 2.05) is 0 Å². The molecule has 0 amide bonds. The van der Waals surface area contributed by atoms with Crippen LogP contribution >= 0.6 is 0 Å². The summed E-state index contributed by atoms with van der Waals surface area (Å²) >= 11 is 0. The molecule has 3 rings (SSSR count). The first-order valence-electron chi connectivity index (χ1n) is 8.22. The SMILES string of the molecule is CN(C1CCN(c2ccc(F)cc2)CC1)S(=O)(=O)N1CCCC1. The Morgan fingerprint density at radius 1 is 1.04 bits per heavy atom. The van der Waals surface area contributed by atoms with E-state index in [0.29, 0.717) is 13.1 Å². The summed E-state index contributed by atoms with van der Waals surface area (Å²) in [6, 6.07) is 6.52. The molecule has 2 aliphatic rings. The molecule has 2 heterocycles. The van der Waals surface area contributed by atoms with E-state index >= 15 is 0 Å². The summed E-state index contributed by atoms with van der Waals surface area (Å²) in [7, 11) is -1.63. The van der Waals surface area contributed by atoms with Gasteiger partial charge in [0.25, 0.3) is 10.2 Å². The zero-order chi connectivity index (χ0) is 16.4. The van der Waals surface area contributed by atoms with Crippen molar-refractivity contribution < 1.29 is 12.8 Å². The predicted octanol–water partition coefficient (Wildman–Crippen LogP) is 2.07. The summed E-state index contributed by atoms with van der Waals surface area (Å²) in [6.45, 7) is 2.86. The number of hydrogen-bond acceptors (Lipinski definition) is 3. The van der Waals surface area contributed by atoms with Crippen LogP contribution in [-0.4, -0.2) is 56.3 Å². The van der Waals surface area contributed by atoms with Gasteiger partial charge in [-0.3, -0.25) is 0 Å². The Kier molecular flexibility index (Phi) is 4.89. The lowest BCUT2D eigenvalue weighted by atomic mass is 10.0. The lowest BCUT2D eigenvalue weighted by Crippen LogP contribution is -2.49. The van der Waals surface area contributed by atoms with Crippen LogP contribution in [0.4, 0.5) is 10.1 Å². The number of halogens is 1. The van der Waals surface area contributed by atoms with E-state index in [-0.39, 0.29) is 11.9 Å². The molecular weight excluding hydrogens is 317 g/mol. The van der Waals surface area contributed by atoms with E-state index in [2.05, 4.69) is 4.90 Å². The fourth-order valence-electron chi connectivity index (χ4n) is 3.43. The molecule has 2 aliphatic heterocycles. The molecule has 0 saturated carbocycles. The number of anilines is 1. The number of piperidine rings is 1. The average Bonchev–Trinajstić information content (AvgIpc) is 3.10. The van der Waals surface area contributed by atoms with Gasteiger partial charge in [-0.25, -0.2) is 4.39 Å². The normalized spacial score (nSPS) is 21.3. The zero-order valence-electron chi connectivity index (χ0n) is 13.5. The van der Waals surface area contributed by atoms with Crippen LogP contribution in [0.25, 0.3) is 0 Å². The highest BCUT2D eigenvalue weighted by atomic mass is 32.2. The van der Waals surface area contributed by atoms with Crippen LogP contribution < -0.4 is 4.90 Å². The Morgan fingerprint density at radius 2 is 1.61 bits per heavy atom. The first-order valence-corrected chi connectivity index (χ1v) is 9.62. The Hall–Kier alpha value is -1.18. The third-order valence-corrected chi connectivity index (χ3v) is 6.97. The van der Waals surface area contributed by atoms with Gasteiger partial charge in [-0.1, -0.05) is 0 Å². The summed E-state index contributed by atoms with van der Waals surface area (Å²) < 4.78 is 41.4. The van der Waals surface area contributed by atoms with E-state index in [1.54, 1.807) is 27.8 Å². The van der Waals surface area contributed by atoms with Crippen molar-refractivity contribution >= 4 is 15.9 Å². The smallest absolute Gasteiger partial charge is 0.281 e. The molecule has 0 aliphatic carbocycles. The third-order valence-electron chi connectivity index (χ3n) is 4.93. The maximum Gasteiger partial charge on any atom is 0.281 e. The second-order valence-electron chi connectivity index (χ2n) is 6.32. The molecule has 128 valence electrons. The monoisotopic (exact) mass is 341 g/mol. The van der Waals surface area contributed by atoms with Crippen LogP contribution in [0, 0.1) is 5.82 Å². The minimum atomic E-state index is -3.33. The number of benzene rings is 1. The van der Waals surface area contributed by atoms with Gasteiger partial charge in [-0.15, -0.1) is 0 Å². The van der Waals surface area contributed by atoms with E-state index < -0.39 is 10.2 Å². The second kappa shape index (κ2) is 6.75. The van der Waals surface area contributed by atoms with Gasteiger partial charge in [0.05, 0.1) is 0 Å². The van der Waals surface area contributed by atoms with Crippen molar-refractivity contribution in [3.8, 4) is 0 Å². The molecule has 23 heavy (non-hydrogen) atoms. The Morgan fingerprint density at radius 3 is 2.17 bits per heavy atom. The first-order chi connectivity index (χ1) is 11.0. The van der Waals surface area contributed by atoms with Gasteiger partial charge in [-0.05, 0) is 49.9 Å². The maximum absolute atomic E-state index is 13.0. The van der Waals surface area contributed by atoms with E-state index in [9.17, 15) is 12.8 Å². The number of hydrogen-bond donors (Lipinski definition) is 0. The molecule has 0 radical (unpaired) electrons. The van der Waals surface area contributed by atoms with Crippen LogP contribution in [0.2, 0.25) is 0 Å². The largest absolute Gasteiger partial charge is 0.371 e. The minimum Gasteiger partial charge on any atom is -0.371 e. The number of rotatable bonds is 4. The van der Waals surface area contributed by atoms with E-state index in [4.69, 9.17) is 0 Å². The van der Waals surface area contributed by atoms with Gasteiger partial charge in [-0.2, -0.15) is 17.0 Å². The Bertz CT molecular complexity index is 621. The molecule has 0 aromatic heterocycles. The molecule has 1 aromatic carbocycles.